The molecule has 4 heteroatoms. The number of hydrogen-bond acceptors (Lipinski definition) is 4. The smallest absolute Gasteiger partial charge is 0.280 e. The van der Waals surface area contributed by atoms with E-state index in [-0.39, 0.29) is 0 Å². The van der Waals surface area contributed by atoms with Crippen LogP contribution in [0, 0.1) is 0 Å². The standard InChI is InChI=1S/C13H18O4/c1-14-12(15-2)10-13(16-3,17-4)11-8-6-5-7-9-11/h5-10H,1-4H3. The summed E-state index contributed by atoms with van der Waals surface area (Å²) in [6.07, 6.45) is 1.64. The van der Waals surface area contributed by atoms with Gasteiger partial charge in [-0.25, -0.2) is 0 Å². The predicted octanol–water partition coefficient (Wildman–Crippen LogP) is 2.27. The third-order valence-corrected chi connectivity index (χ3v) is 2.49. The van der Waals surface area contributed by atoms with E-state index in [2.05, 4.69) is 0 Å². The second-order valence-electron chi connectivity index (χ2n) is 3.31. The van der Waals surface area contributed by atoms with Crippen molar-refractivity contribution >= 4 is 0 Å². The first kappa shape index (κ1) is 13.5. The van der Waals surface area contributed by atoms with Gasteiger partial charge >= 0.3 is 0 Å². The summed E-state index contributed by atoms with van der Waals surface area (Å²) >= 11 is 0. The fraction of sp³-hybridized carbons (Fsp3) is 0.385. The van der Waals surface area contributed by atoms with Crippen molar-refractivity contribution in [2.75, 3.05) is 28.4 Å². The van der Waals surface area contributed by atoms with E-state index in [9.17, 15) is 0 Å². The highest BCUT2D eigenvalue weighted by atomic mass is 16.7. The third kappa shape index (κ3) is 2.99. The lowest BCUT2D eigenvalue weighted by Gasteiger charge is -2.28. The van der Waals surface area contributed by atoms with Crippen LogP contribution in [0.15, 0.2) is 42.4 Å². The number of methoxy groups -OCH3 is 4. The van der Waals surface area contributed by atoms with E-state index >= 15 is 0 Å². The molecule has 0 aliphatic rings. The molecule has 0 aliphatic heterocycles. The minimum absolute atomic E-state index is 0.331. The molecule has 17 heavy (non-hydrogen) atoms. The number of rotatable bonds is 6. The normalized spacial score (nSPS) is 10.8. The topological polar surface area (TPSA) is 36.9 Å². The first-order valence-electron chi connectivity index (χ1n) is 5.19. The lowest BCUT2D eigenvalue weighted by molar-refractivity contribution is -0.181. The van der Waals surface area contributed by atoms with Crippen LogP contribution in [0.4, 0.5) is 0 Å². The summed E-state index contributed by atoms with van der Waals surface area (Å²) in [6, 6.07) is 9.57. The summed E-state index contributed by atoms with van der Waals surface area (Å²) in [6.45, 7) is 0. The third-order valence-electron chi connectivity index (χ3n) is 2.49. The van der Waals surface area contributed by atoms with Gasteiger partial charge in [-0.15, -0.1) is 0 Å². The molecule has 1 aromatic carbocycles. The SMILES string of the molecule is COC(=CC(OC)(OC)c1ccccc1)OC. The summed E-state index contributed by atoms with van der Waals surface area (Å²) in [5.41, 5.74) is 0.858. The minimum atomic E-state index is -1.01. The molecule has 4 nitrogen and oxygen atoms in total. The van der Waals surface area contributed by atoms with Crippen molar-refractivity contribution < 1.29 is 18.9 Å². The van der Waals surface area contributed by atoms with Gasteiger partial charge in [-0.1, -0.05) is 30.3 Å². The van der Waals surface area contributed by atoms with Gasteiger partial charge in [-0.05, 0) is 0 Å². The Balaban J connectivity index is 3.18. The van der Waals surface area contributed by atoms with E-state index in [1.54, 1.807) is 20.3 Å². The van der Waals surface area contributed by atoms with Gasteiger partial charge < -0.3 is 18.9 Å². The molecule has 0 radical (unpaired) electrons. The Hall–Kier alpha value is -1.52. The van der Waals surface area contributed by atoms with Gasteiger partial charge in [0, 0.05) is 19.8 Å². The fourth-order valence-corrected chi connectivity index (χ4v) is 1.55. The summed E-state index contributed by atoms with van der Waals surface area (Å²) < 4.78 is 21.0. The van der Waals surface area contributed by atoms with Crippen LogP contribution in [0.25, 0.3) is 0 Å². The van der Waals surface area contributed by atoms with Gasteiger partial charge in [0.25, 0.3) is 5.95 Å². The zero-order valence-electron chi connectivity index (χ0n) is 10.6. The highest BCUT2D eigenvalue weighted by Gasteiger charge is 2.31. The first-order chi connectivity index (χ1) is 8.22. The molecule has 0 spiro atoms. The molecule has 0 N–H and O–H groups in total. The van der Waals surface area contributed by atoms with Gasteiger partial charge in [-0.2, -0.15) is 0 Å². The summed E-state index contributed by atoms with van der Waals surface area (Å²) in [5, 5.41) is 0. The van der Waals surface area contributed by atoms with E-state index in [1.807, 2.05) is 30.3 Å². The zero-order valence-corrected chi connectivity index (χ0v) is 10.6. The average molecular weight is 238 g/mol. The fourth-order valence-electron chi connectivity index (χ4n) is 1.55. The van der Waals surface area contributed by atoms with Crippen molar-refractivity contribution in [3.63, 3.8) is 0 Å². The molecule has 0 unspecified atom stereocenters. The van der Waals surface area contributed by atoms with Crippen LogP contribution in [-0.4, -0.2) is 28.4 Å². The Morgan fingerprint density at radius 2 is 1.47 bits per heavy atom. The van der Waals surface area contributed by atoms with E-state index in [4.69, 9.17) is 18.9 Å². The Morgan fingerprint density at radius 3 is 1.88 bits per heavy atom. The lowest BCUT2D eigenvalue weighted by Crippen LogP contribution is -2.29. The quantitative estimate of drug-likeness (QED) is 0.562. The second kappa shape index (κ2) is 6.27. The molecule has 0 fully saturated rings. The Morgan fingerprint density at radius 1 is 0.941 bits per heavy atom. The van der Waals surface area contributed by atoms with Crippen molar-refractivity contribution in [3.8, 4) is 0 Å². The molecule has 0 aromatic heterocycles. The van der Waals surface area contributed by atoms with Crippen LogP contribution >= 0.6 is 0 Å². The van der Waals surface area contributed by atoms with Crippen molar-refractivity contribution in [1.29, 1.82) is 0 Å². The number of ether oxygens (including phenoxy) is 4. The maximum absolute atomic E-state index is 5.45. The number of benzene rings is 1. The van der Waals surface area contributed by atoms with Crippen molar-refractivity contribution in [2.45, 2.75) is 5.79 Å². The zero-order chi connectivity index (χ0) is 12.7. The molecule has 94 valence electrons. The molecule has 0 heterocycles. The van der Waals surface area contributed by atoms with E-state index < -0.39 is 5.79 Å². The molecule has 0 amide bonds. The van der Waals surface area contributed by atoms with Crippen molar-refractivity contribution in [1.82, 2.24) is 0 Å². The molecule has 0 saturated carbocycles. The van der Waals surface area contributed by atoms with Crippen LogP contribution in [0.2, 0.25) is 0 Å². The molecule has 0 bridgehead atoms. The van der Waals surface area contributed by atoms with Crippen LogP contribution < -0.4 is 0 Å². The second-order valence-corrected chi connectivity index (χ2v) is 3.31. The largest absolute Gasteiger partial charge is 0.469 e. The predicted molar refractivity (Wildman–Crippen MR) is 64.2 cm³/mol. The molecule has 1 aromatic rings. The summed E-state index contributed by atoms with van der Waals surface area (Å²) in [5.74, 6) is -0.680. The van der Waals surface area contributed by atoms with Gasteiger partial charge in [0.15, 0.2) is 0 Å². The average Bonchev–Trinajstić information content (AvgIpc) is 2.42. The molecular weight excluding hydrogens is 220 g/mol. The summed E-state index contributed by atoms with van der Waals surface area (Å²) in [4.78, 5) is 0. The van der Waals surface area contributed by atoms with E-state index in [1.165, 1.54) is 14.2 Å². The van der Waals surface area contributed by atoms with E-state index in [0.29, 0.717) is 5.95 Å². The lowest BCUT2D eigenvalue weighted by atomic mass is 10.1. The monoisotopic (exact) mass is 238 g/mol. The molecule has 1 rings (SSSR count). The van der Waals surface area contributed by atoms with Crippen LogP contribution in [0.1, 0.15) is 5.56 Å². The van der Waals surface area contributed by atoms with Crippen molar-refractivity contribution in [2.24, 2.45) is 0 Å². The maximum Gasteiger partial charge on any atom is 0.280 e. The molecule has 0 aliphatic carbocycles. The van der Waals surface area contributed by atoms with Crippen LogP contribution in [0.3, 0.4) is 0 Å². The Labute approximate surface area is 102 Å². The van der Waals surface area contributed by atoms with Gasteiger partial charge in [0.1, 0.15) is 0 Å². The first-order valence-corrected chi connectivity index (χ1v) is 5.19. The highest BCUT2D eigenvalue weighted by Crippen LogP contribution is 2.29. The molecular formula is C13H18O4. The minimum Gasteiger partial charge on any atom is -0.469 e. The van der Waals surface area contributed by atoms with Crippen LogP contribution in [-0.2, 0) is 24.7 Å². The van der Waals surface area contributed by atoms with Crippen molar-refractivity contribution in [3.05, 3.63) is 47.9 Å². The van der Waals surface area contributed by atoms with Gasteiger partial charge in [0.05, 0.1) is 20.3 Å². The summed E-state index contributed by atoms with van der Waals surface area (Å²) in [7, 11) is 6.18. The Bertz CT molecular complexity index is 349. The van der Waals surface area contributed by atoms with Gasteiger partial charge in [-0.3, -0.25) is 0 Å². The number of hydrogen-bond donors (Lipinski definition) is 0. The highest BCUT2D eigenvalue weighted by molar-refractivity contribution is 5.25. The van der Waals surface area contributed by atoms with Gasteiger partial charge in [0.2, 0.25) is 5.79 Å². The molecule has 0 saturated heterocycles. The van der Waals surface area contributed by atoms with E-state index in [0.717, 1.165) is 5.56 Å². The molecule has 0 atom stereocenters. The van der Waals surface area contributed by atoms with Crippen LogP contribution in [0.5, 0.6) is 0 Å². The maximum atomic E-state index is 5.45. The Kier molecular flexibility index (Phi) is 5.00.